The first-order valence-corrected chi connectivity index (χ1v) is 6.00. The van der Waals surface area contributed by atoms with Gasteiger partial charge in [0, 0.05) is 6.20 Å². The van der Waals surface area contributed by atoms with Crippen LogP contribution in [0, 0.1) is 0 Å². The number of carbonyl (C=O) groups excluding carboxylic acids is 2. The molecule has 1 saturated heterocycles. The number of aromatic nitrogens is 2. The number of hydrogen-bond acceptors (Lipinski definition) is 4. The van der Waals surface area contributed by atoms with Gasteiger partial charge in [-0.1, -0.05) is 6.42 Å². The zero-order valence-corrected chi connectivity index (χ0v) is 10.1. The summed E-state index contributed by atoms with van der Waals surface area (Å²) in [5, 5.41) is 9.87. The molecular formula is C11H17N5O2. The molecule has 1 aliphatic heterocycles. The highest BCUT2D eigenvalue weighted by Crippen LogP contribution is 2.10. The quantitative estimate of drug-likeness (QED) is 0.668. The second-order valence-corrected chi connectivity index (χ2v) is 4.38. The Morgan fingerprint density at radius 2 is 2.39 bits per heavy atom. The average Bonchev–Trinajstić information content (AvgIpc) is 2.76. The lowest BCUT2D eigenvalue weighted by atomic mass is 10.0. The molecule has 1 fully saturated rings. The Balaban J connectivity index is 1.90. The first-order chi connectivity index (χ1) is 8.65. The lowest BCUT2D eigenvalue weighted by Crippen LogP contribution is -2.43. The molecule has 1 aromatic rings. The molecule has 2 heterocycles. The van der Waals surface area contributed by atoms with Crippen molar-refractivity contribution < 1.29 is 9.59 Å². The smallest absolute Gasteiger partial charge is 0.241 e. The van der Waals surface area contributed by atoms with Crippen molar-refractivity contribution in [2.24, 2.45) is 5.73 Å². The number of carbonyl (C=O) groups is 2. The van der Waals surface area contributed by atoms with E-state index in [1.165, 1.54) is 10.9 Å². The van der Waals surface area contributed by atoms with Crippen LogP contribution < -0.4 is 16.4 Å². The molecule has 0 aliphatic carbocycles. The molecule has 7 heteroatoms. The van der Waals surface area contributed by atoms with Crippen LogP contribution >= 0.6 is 0 Å². The predicted molar refractivity (Wildman–Crippen MR) is 65.7 cm³/mol. The van der Waals surface area contributed by atoms with Gasteiger partial charge in [0.2, 0.25) is 11.8 Å². The third-order valence-electron chi connectivity index (χ3n) is 2.85. The molecule has 1 aromatic heterocycles. The van der Waals surface area contributed by atoms with Crippen molar-refractivity contribution >= 4 is 17.5 Å². The number of piperidine rings is 1. The van der Waals surface area contributed by atoms with Crippen LogP contribution in [0.25, 0.3) is 0 Å². The maximum Gasteiger partial charge on any atom is 0.241 e. The highest BCUT2D eigenvalue weighted by molar-refractivity contribution is 5.94. The summed E-state index contributed by atoms with van der Waals surface area (Å²) >= 11 is 0. The maximum atomic E-state index is 11.9. The van der Waals surface area contributed by atoms with Gasteiger partial charge in [-0.15, -0.1) is 0 Å². The van der Waals surface area contributed by atoms with Gasteiger partial charge >= 0.3 is 0 Å². The highest BCUT2D eigenvalue weighted by Gasteiger charge is 2.20. The largest absolute Gasteiger partial charge is 0.368 e. The number of primary amides is 1. The number of hydrogen-bond donors (Lipinski definition) is 3. The van der Waals surface area contributed by atoms with Crippen molar-refractivity contribution in [1.29, 1.82) is 0 Å². The standard InChI is InChI=1S/C11H17N5O2/c12-10(17)7-16-6-8(5-14-16)15-11(18)9-3-1-2-4-13-9/h5-6,9,13H,1-4,7H2,(H2,12,17)(H,15,18). The molecule has 0 bridgehead atoms. The van der Waals surface area contributed by atoms with Crippen LogP contribution in [0.5, 0.6) is 0 Å². The predicted octanol–water partition coefficient (Wildman–Crippen LogP) is -0.551. The van der Waals surface area contributed by atoms with Gasteiger partial charge in [-0.2, -0.15) is 5.10 Å². The van der Waals surface area contributed by atoms with Gasteiger partial charge in [-0.3, -0.25) is 14.3 Å². The van der Waals surface area contributed by atoms with E-state index < -0.39 is 5.91 Å². The summed E-state index contributed by atoms with van der Waals surface area (Å²) in [5.74, 6) is -0.529. The molecule has 18 heavy (non-hydrogen) atoms. The Hall–Kier alpha value is -1.89. The Morgan fingerprint density at radius 1 is 1.56 bits per heavy atom. The molecule has 98 valence electrons. The second kappa shape index (κ2) is 5.63. The van der Waals surface area contributed by atoms with E-state index in [1.807, 2.05) is 0 Å². The number of nitrogens with one attached hydrogen (secondary N) is 2. The number of nitrogens with two attached hydrogens (primary N) is 1. The summed E-state index contributed by atoms with van der Waals surface area (Å²) in [6.07, 6.45) is 6.11. The fourth-order valence-corrected chi connectivity index (χ4v) is 1.98. The van der Waals surface area contributed by atoms with E-state index in [0.29, 0.717) is 5.69 Å². The van der Waals surface area contributed by atoms with Crippen LogP contribution in [0.1, 0.15) is 19.3 Å². The fraction of sp³-hybridized carbons (Fsp3) is 0.545. The van der Waals surface area contributed by atoms with Crippen LogP contribution in [0.15, 0.2) is 12.4 Å². The SMILES string of the molecule is NC(=O)Cn1cc(NC(=O)C2CCCCN2)cn1. The molecule has 2 amide bonds. The van der Waals surface area contributed by atoms with Crippen molar-refractivity contribution in [3.05, 3.63) is 12.4 Å². The minimum Gasteiger partial charge on any atom is -0.368 e. The van der Waals surface area contributed by atoms with Crippen LogP contribution in [-0.4, -0.2) is 34.2 Å². The van der Waals surface area contributed by atoms with E-state index in [-0.39, 0.29) is 18.5 Å². The van der Waals surface area contributed by atoms with Gasteiger partial charge in [0.25, 0.3) is 0 Å². The average molecular weight is 251 g/mol. The zero-order valence-electron chi connectivity index (χ0n) is 10.1. The summed E-state index contributed by atoms with van der Waals surface area (Å²) in [5.41, 5.74) is 5.63. The van der Waals surface area contributed by atoms with E-state index in [0.717, 1.165) is 25.8 Å². The topological polar surface area (TPSA) is 102 Å². The molecule has 1 unspecified atom stereocenters. The normalized spacial score (nSPS) is 19.4. The van der Waals surface area contributed by atoms with Crippen LogP contribution in [0.4, 0.5) is 5.69 Å². The molecule has 0 saturated carbocycles. The first-order valence-electron chi connectivity index (χ1n) is 6.00. The minimum absolute atomic E-state index is 0.0115. The maximum absolute atomic E-state index is 11.9. The van der Waals surface area contributed by atoms with Gasteiger partial charge in [-0.05, 0) is 19.4 Å². The van der Waals surface area contributed by atoms with E-state index in [9.17, 15) is 9.59 Å². The fourth-order valence-electron chi connectivity index (χ4n) is 1.98. The Kier molecular flexibility index (Phi) is 3.93. The third kappa shape index (κ3) is 3.30. The molecule has 0 radical (unpaired) electrons. The second-order valence-electron chi connectivity index (χ2n) is 4.38. The molecule has 0 spiro atoms. The van der Waals surface area contributed by atoms with E-state index in [2.05, 4.69) is 15.7 Å². The lowest BCUT2D eigenvalue weighted by Gasteiger charge is -2.22. The van der Waals surface area contributed by atoms with E-state index in [1.54, 1.807) is 6.20 Å². The van der Waals surface area contributed by atoms with Gasteiger partial charge in [0.05, 0.1) is 17.9 Å². The molecule has 1 aliphatic rings. The number of anilines is 1. The van der Waals surface area contributed by atoms with Crippen molar-refractivity contribution in [2.75, 3.05) is 11.9 Å². The van der Waals surface area contributed by atoms with Crippen molar-refractivity contribution in [2.45, 2.75) is 31.8 Å². The molecule has 2 rings (SSSR count). The first kappa shape index (κ1) is 12.6. The van der Waals surface area contributed by atoms with Gasteiger partial charge < -0.3 is 16.4 Å². The summed E-state index contributed by atoms with van der Waals surface area (Å²) in [6, 6.07) is -0.141. The number of nitrogens with zero attached hydrogens (tertiary/aromatic N) is 2. The van der Waals surface area contributed by atoms with E-state index in [4.69, 9.17) is 5.73 Å². The monoisotopic (exact) mass is 251 g/mol. The molecule has 4 N–H and O–H groups in total. The van der Waals surface area contributed by atoms with Gasteiger partial charge in [0.1, 0.15) is 6.54 Å². The highest BCUT2D eigenvalue weighted by atomic mass is 16.2. The van der Waals surface area contributed by atoms with Gasteiger partial charge in [0.15, 0.2) is 0 Å². The van der Waals surface area contributed by atoms with Crippen LogP contribution in [0.2, 0.25) is 0 Å². The number of rotatable bonds is 4. The van der Waals surface area contributed by atoms with E-state index >= 15 is 0 Å². The summed E-state index contributed by atoms with van der Waals surface area (Å²) in [6.45, 7) is 0.885. The van der Waals surface area contributed by atoms with Gasteiger partial charge in [-0.25, -0.2) is 0 Å². The molecule has 0 aromatic carbocycles. The molecule has 7 nitrogen and oxygen atoms in total. The Bertz CT molecular complexity index is 436. The zero-order chi connectivity index (χ0) is 13.0. The lowest BCUT2D eigenvalue weighted by molar-refractivity contribution is -0.119. The Labute approximate surface area is 105 Å². The van der Waals surface area contributed by atoms with Crippen molar-refractivity contribution in [3.63, 3.8) is 0 Å². The third-order valence-corrected chi connectivity index (χ3v) is 2.85. The minimum atomic E-state index is -0.468. The van der Waals surface area contributed by atoms with Crippen molar-refractivity contribution in [1.82, 2.24) is 15.1 Å². The summed E-state index contributed by atoms with van der Waals surface area (Å²) < 4.78 is 1.40. The number of amides is 2. The molecule has 1 atom stereocenters. The van der Waals surface area contributed by atoms with Crippen molar-refractivity contribution in [3.8, 4) is 0 Å². The molecular weight excluding hydrogens is 234 g/mol. The Morgan fingerprint density at radius 3 is 3.06 bits per heavy atom. The summed E-state index contributed by atoms with van der Waals surface area (Å²) in [4.78, 5) is 22.6. The van der Waals surface area contributed by atoms with Crippen LogP contribution in [-0.2, 0) is 16.1 Å². The van der Waals surface area contributed by atoms with Crippen LogP contribution in [0.3, 0.4) is 0 Å². The summed E-state index contributed by atoms with van der Waals surface area (Å²) in [7, 11) is 0.